The van der Waals surface area contributed by atoms with Gasteiger partial charge >= 0.3 is 0 Å². The molecular formula is C21H41N5OS. The van der Waals surface area contributed by atoms with Crippen LogP contribution in [0, 0.1) is 5.92 Å². The molecule has 0 spiro atoms. The molecule has 2 rings (SSSR count). The normalized spacial score (nSPS) is 23.7. The van der Waals surface area contributed by atoms with Gasteiger partial charge in [0.25, 0.3) is 0 Å². The number of amides is 1. The van der Waals surface area contributed by atoms with Gasteiger partial charge in [0.2, 0.25) is 5.91 Å². The van der Waals surface area contributed by atoms with Gasteiger partial charge in [0, 0.05) is 49.6 Å². The highest BCUT2D eigenvalue weighted by atomic mass is 32.2. The van der Waals surface area contributed by atoms with E-state index in [1.54, 1.807) is 0 Å². The lowest BCUT2D eigenvalue weighted by Gasteiger charge is -2.34. The molecule has 1 heterocycles. The Morgan fingerprint density at radius 1 is 1.11 bits per heavy atom. The molecule has 0 atom stereocenters. The summed E-state index contributed by atoms with van der Waals surface area (Å²) in [6, 6.07) is 0.427. The minimum Gasteiger partial charge on any atom is -0.357 e. The number of nitrogens with one attached hydrogen (secondary N) is 2. The monoisotopic (exact) mass is 411 g/mol. The van der Waals surface area contributed by atoms with Crippen LogP contribution in [0.1, 0.15) is 52.9 Å². The average Bonchev–Trinajstić information content (AvgIpc) is 2.74. The van der Waals surface area contributed by atoms with Crippen LogP contribution in [0.25, 0.3) is 0 Å². The number of guanidine groups is 1. The highest BCUT2D eigenvalue weighted by Crippen LogP contribution is 2.27. The molecule has 1 amide bonds. The van der Waals surface area contributed by atoms with E-state index in [2.05, 4.69) is 41.2 Å². The first-order valence-electron chi connectivity index (χ1n) is 11.3. The van der Waals surface area contributed by atoms with Crippen LogP contribution in [0.15, 0.2) is 4.99 Å². The van der Waals surface area contributed by atoms with E-state index in [1.807, 2.05) is 11.8 Å². The Labute approximate surface area is 176 Å². The van der Waals surface area contributed by atoms with Crippen LogP contribution >= 0.6 is 11.8 Å². The number of hydrogen-bond acceptors (Lipinski definition) is 4. The molecule has 162 valence electrons. The first-order chi connectivity index (χ1) is 13.7. The Bertz CT molecular complexity index is 473. The molecule has 1 saturated carbocycles. The largest absolute Gasteiger partial charge is 0.357 e. The summed E-state index contributed by atoms with van der Waals surface area (Å²) in [5.74, 6) is 3.75. The van der Waals surface area contributed by atoms with Gasteiger partial charge in [-0.1, -0.05) is 13.8 Å². The highest BCUT2D eigenvalue weighted by Gasteiger charge is 2.30. The van der Waals surface area contributed by atoms with Gasteiger partial charge in [-0.2, -0.15) is 11.8 Å². The summed E-state index contributed by atoms with van der Waals surface area (Å²) in [6.07, 6.45) is 5.30. The SMILES string of the molecule is CCCN(CC)CCN=C(NCC)NC1CCC(C(=O)N2CCSCC2)CC1. The van der Waals surface area contributed by atoms with Crippen molar-refractivity contribution in [1.29, 1.82) is 0 Å². The zero-order valence-electron chi connectivity index (χ0n) is 18.2. The second-order valence-electron chi connectivity index (χ2n) is 7.83. The number of nitrogens with zero attached hydrogens (tertiary/aromatic N) is 3. The smallest absolute Gasteiger partial charge is 0.225 e. The van der Waals surface area contributed by atoms with Crippen LogP contribution in [0.2, 0.25) is 0 Å². The molecule has 1 saturated heterocycles. The molecule has 0 aromatic heterocycles. The number of carbonyl (C=O) groups is 1. The molecule has 0 radical (unpaired) electrons. The van der Waals surface area contributed by atoms with Crippen molar-refractivity contribution in [3.63, 3.8) is 0 Å². The minimum atomic E-state index is 0.229. The lowest BCUT2D eigenvalue weighted by Crippen LogP contribution is -2.47. The second-order valence-corrected chi connectivity index (χ2v) is 9.05. The maximum absolute atomic E-state index is 12.7. The van der Waals surface area contributed by atoms with Crippen molar-refractivity contribution < 1.29 is 4.79 Å². The quantitative estimate of drug-likeness (QED) is 0.451. The van der Waals surface area contributed by atoms with Crippen molar-refractivity contribution in [3.05, 3.63) is 0 Å². The summed E-state index contributed by atoms with van der Waals surface area (Å²) in [6.45, 7) is 13.4. The van der Waals surface area contributed by atoms with Gasteiger partial charge in [0.15, 0.2) is 5.96 Å². The summed E-state index contributed by atoms with van der Waals surface area (Å²) in [7, 11) is 0. The molecule has 2 N–H and O–H groups in total. The van der Waals surface area contributed by atoms with E-state index in [4.69, 9.17) is 4.99 Å². The van der Waals surface area contributed by atoms with E-state index in [-0.39, 0.29) is 5.92 Å². The molecule has 2 aliphatic rings. The van der Waals surface area contributed by atoms with Gasteiger partial charge < -0.3 is 20.4 Å². The van der Waals surface area contributed by atoms with Gasteiger partial charge in [-0.15, -0.1) is 0 Å². The number of aliphatic imine (C=N–C) groups is 1. The van der Waals surface area contributed by atoms with E-state index < -0.39 is 0 Å². The van der Waals surface area contributed by atoms with Crippen molar-refractivity contribution in [1.82, 2.24) is 20.4 Å². The topological polar surface area (TPSA) is 60.0 Å². The first kappa shape index (κ1) is 23.3. The van der Waals surface area contributed by atoms with E-state index in [0.29, 0.717) is 11.9 Å². The Morgan fingerprint density at radius 2 is 1.82 bits per heavy atom. The van der Waals surface area contributed by atoms with Gasteiger partial charge in [-0.25, -0.2) is 0 Å². The average molecular weight is 412 g/mol. The van der Waals surface area contributed by atoms with Crippen LogP contribution in [-0.2, 0) is 4.79 Å². The maximum atomic E-state index is 12.7. The fraction of sp³-hybridized carbons (Fsp3) is 0.905. The Balaban J connectivity index is 1.76. The second kappa shape index (κ2) is 13.3. The molecule has 0 unspecified atom stereocenters. The molecular weight excluding hydrogens is 370 g/mol. The Hall–Kier alpha value is -0.950. The zero-order chi connectivity index (χ0) is 20.2. The summed E-state index contributed by atoms with van der Waals surface area (Å²) >= 11 is 1.96. The zero-order valence-corrected chi connectivity index (χ0v) is 19.0. The first-order valence-corrected chi connectivity index (χ1v) is 12.5. The molecule has 7 heteroatoms. The minimum absolute atomic E-state index is 0.229. The van der Waals surface area contributed by atoms with Gasteiger partial charge in [0.05, 0.1) is 6.54 Å². The van der Waals surface area contributed by atoms with Gasteiger partial charge in [-0.05, 0) is 52.1 Å². The van der Waals surface area contributed by atoms with Crippen LogP contribution < -0.4 is 10.6 Å². The van der Waals surface area contributed by atoms with Crippen molar-refractivity contribution in [3.8, 4) is 0 Å². The third-order valence-corrected chi connectivity index (χ3v) is 6.70. The van der Waals surface area contributed by atoms with Crippen molar-refractivity contribution >= 4 is 23.6 Å². The molecule has 0 bridgehead atoms. The summed E-state index contributed by atoms with van der Waals surface area (Å²) in [5.41, 5.74) is 0. The number of rotatable bonds is 9. The predicted molar refractivity (Wildman–Crippen MR) is 121 cm³/mol. The summed E-state index contributed by atoms with van der Waals surface area (Å²) in [5, 5.41) is 6.99. The summed E-state index contributed by atoms with van der Waals surface area (Å²) in [4.78, 5) is 22.0. The molecule has 1 aliphatic heterocycles. The van der Waals surface area contributed by atoms with Crippen LogP contribution in [-0.4, -0.2) is 85.0 Å². The lowest BCUT2D eigenvalue weighted by molar-refractivity contribution is -0.136. The van der Waals surface area contributed by atoms with E-state index in [1.165, 1.54) is 6.42 Å². The van der Waals surface area contributed by atoms with Crippen molar-refractivity contribution in [2.24, 2.45) is 10.9 Å². The van der Waals surface area contributed by atoms with Crippen molar-refractivity contribution in [2.45, 2.75) is 58.9 Å². The van der Waals surface area contributed by atoms with E-state index in [9.17, 15) is 4.79 Å². The van der Waals surface area contributed by atoms with E-state index >= 15 is 0 Å². The number of carbonyl (C=O) groups excluding carboxylic acids is 1. The molecule has 28 heavy (non-hydrogen) atoms. The maximum Gasteiger partial charge on any atom is 0.225 e. The molecule has 6 nitrogen and oxygen atoms in total. The standard InChI is InChI=1S/C21H41N5OS/c1-4-12-25(6-3)13-11-23-21(22-5-2)24-19-9-7-18(8-10-19)20(27)26-14-16-28-17-15-26/h18-19H,4-17H2,1-3H3,(H2,22,23,24). The van der Waals surface area contributed by atoms with Crippen LogP contribution in [0.4, 0.5) is 0 Å². The fourth-order valence-corrected chi connectivity index (χ4v) is 4.99. The van der Waals surface area contributed by atoms with E-state index in [0.717, 1.165) is 89.0 Å². The van der Waals surface area contributed by atoms with Gasteiger partial charge in [0.1, 0.15) is 0 Å². The molecule has 0 aromatic rings. The number of likely N-dealkylation sites (N-methyl/N-ethyl adjacent to an activating group) is 1. The Morgan fingerprint density at radius 3 is 2.43 bits per heavy atom. The van der Waals surface area contributed by atoms with Gasteiger partial charge in [-0.3, -0.25) is 9.79 Å². The highest BCUT2D eigenvalue weighted by molar-refractivity contribution is 7.99. The summed E-state index contributed by atoms with van der Waals surface area (Å²) < 4.78 is 0. The molecule has 1 aliphatic carbocycles. The van der Waals surface area contributed by atoms with Crippen molar-refractivity contribution in [2.75, 3.05) is 57.3 Å². The third-order valence-electron chi connectivity index (χ3n) is 5.76. The third kappa shape index (κ3) is 7.82. The molecule has 2 fully saturated rings. The lowest BCUT2D eigenvalue weighted by atomic mass is 9.85. The number of thioether (sulfide) groups is 1. The van der Waals surface area contributed by atoms with Crippen LogP contribution in [0.3, 0.4) is 0 Å². The fourth-order valence-electron chi connectivity index (χ4n) is 4.09. The number of hydrogen-bond donors (Lipinski definition) is 2. The Kier molecular flexibility index (Phi) is 11.1. The molecule has 0 aromatic carbocycles. The van der Waals surface area contributed by atoms with Crippen LogP contribution in [0.5, 0.6) is 0 Å². The predicted octanol–water partition coefficient (Wildman–Crippen LogP) is 2.41.